The van der Waals surface area contributed by atoms with Gasteiger partial charge < -0.3 is 4.74 Å². The monoisotopic (exact) mass is 410 g/mol. The van der Waals surface area contributed by atoms with Crippen molar-refractivity contribution in [2.45, 2.75) is 31.1 Å². The lowest BCUT2D eigenvalue weighted by Gasteiger charge is -2.07. The lowest BCUT2D eigenvalue weighted by atomic mass is 10.0. The zero-order valence-corrected chi connectivity index (χ0v) is 16.9. The van der Waals surface area contributed by atoms with Gasteiger partial charge in [-0.05, 0) is 65.9 Å². The second-order valence-electron chi connectivity index (χ2n) is 6.71. The zero-order chi connectivity index (χ0) is 20.9. The molecule has 0 spiro atoms. The van der Waals surface area contributed by atoms with Crippen molar-refractivity contribution in [3.8, 4) is 16.9 Å². The zero-order valence-electron chi connectivity index (χ0n) is 16.0. The van der Waals surface area contributed by atoms with E-state index in [4.69, 9.17) is 9.29 Å². The van der Waals surface area contributed by atoms with Crippen LogP contribution < -0.4 is 4.74 Å². The van der Waals surface area contributed by atoms with E-state index >= 15 is 0 Å². The maximum absolute atomic E-state index is 12.3. The van der Waals surface area contributed by atoms with Crippen LogP contribution in [-0.4, -0.2) is 18.9 Å². The van der Waals surface area contributed by atoms with Crippen molar-refractivity contribution in [3.05, 3.63) is 83.9 Å². The average Bonchev–Trinajstić information content (AvgIpc) is 2.72. The summed E-state index contributed by atoms with van der Waals surface area (Å²) in [6.45, 7) is 2.18. The van der Waals surface area contributed by atoms with E-state index in [0.29, 0.717) is 5.56 Å². The van der Waals surface area contributed by atoms with E-state index in [1.165, 1.54) is 42.7 Å². The first-order valence-corrected chi connectivity index (χ1v) is 10.8. The Kier molecular flexibility index (Phi) is 6.46. The van der Waals surface area contributed by atoms with Crippen molar-refractivity contribution in [1.29, 1.82) is 0 Å². The summed E-state index contributed by atoms with van der Waals surface area (Å²) in [5.74, 6) is -0.361. The molecule has 0 unspecified atom stereocenters. The topological polar surface area (TPSA) is 80.7 Å². The van der Waals surface area contributed by atoms with E-state index in [-0.39, 0.29) is 10.6 Å². The maximum Gasteiger partial charge on any atom is 0.343 e. The van der Waals surface area contributed by atoms with Gasteiger partial charge in [-0.25, -0.2) is 4.79 Å². The molecule has 0 radical (unpaired) electrons. The number of benzene rings is 3. The third kappa shape index (κ3) is 5.53. The lowest BCUT2D eigenvalue weighted by Crippen LogP contribution is -2.08. The summed E-state index contributed by atoms with van der Waals surface area (Å²) in [6.07, 6.45) is 3.42. The van der Waals surface area contributed by atoms with Gasteiger partial charge in [0, 0.05) is 0 Å². The van der Waals surface area contributed by atoms with Gasteiger partial charge in [0.1, 0.15) is 5.75 Å². The summed E-state index contributed by atoms with van der Waals surface area (Å²) < 4.78 is 36.3. The third-order valence-electron chi connectivity index (χ3n) is 4.56. The van der Waals surface area contributed by atoms with Gasteiger partial charge in [0.15, 0.2) is 0 Å². The van der Waals surface area contributed by atoms with Crippen LogP contribution in [0.1, 0.15) is 35.7 Å². The predicted molar refractivity (Wildman–Crippen MR) is 112 cm³/mol. The lowest BCUT2D eigenvalue weighted by molar-refractivity contribution is 0.0734. The molecule has 29 heavy (non-hydrogen) atoms. The predicted octanol–water partition coefficient (Wildman–Crippen LogP) is 5.16. The van der Waals surface area contributed by atoms with Gasteiger partial charge in [0.2, 0.25) is 0 Å². The molecule has 0 saturated carbocycles. The summed E-state index contributed by atoms with van der Waals surface area (Å²) in [5, 5.41) is 0. The van der Waals surface area contributed by atoms with Crippen molar-refractivity contribution in [1.82, 2.24) is 0 Å². The van der Waals surface area contributed by atoms with E-state index in [1.54, 1.807) is 12.1 Å². The standard InChI is InChI=1S/C23H22O5S/c1-2-3-4-17-5-7-18(8-6-17)19-9-11-20(12-10-19)23(24)28-21-13-15-22(16-14-21)29(25,26)27/h5-16H,2-4H2,1H3,(H,25,26,27). The molecule has 6 heteroatoms. The molecule has 0 aliphatic heterocycles. The molecule has 0 saturated heterocycles. The van der Waals surface area contributed by atoms with Crippen molar-refractivity contribution >= 4 is 16.1 Å². The quantitative estimate of drug-likeness (QED) is 0.330. The molecule has 0 aliphatic rings. The number of carbonyl (C=O) groups excluding carboxylic acids is 1. The minimum atomic E-state index is -4.28. The molecular formula is C23H22O5S. The highest BCUT2D eigenvalue weighted by Crippen LogP contribution is 2.22. The number of hydrogen-bond donors (Lipinski definition) is 1. The maximum atomic E-state index is 12.3. The molecule has 0 aliphatic carbocycles. The fourth-order valence-electron chi connectivity index (χ4n) is 2.89. The fraction of sp³-hybridized carbons (Fsp3) is 0.174. The van der Waals surface area contributed by atoms with Gasteiger partial charge in [0.05, 0.1) is 10.5 Å². The number of aryl methyl sites for hydroxylation is 1. The molecule has 150 valence electrons. The molecule has 3 aromatic carbocycles. The van der Waals surface area contributed by atoms with Crippen LogP contribution >= 0.6 is 0 Å². The first-order chi connectivity index (χ1) is 13.9. The molecule has 0 amide bonds. The fourth-order valence-corrected chi connectivity index (χ4v) is 3.37. The highest BCUT2D eigenvalue weighted by molar-refractivity contribution is 7.85. The van der Waals surface area contributed by atoms with Gasteiger partial charge >= 0.3 is 5.97 Å². The van der Waals surface area contributed by atoms with Crippen molar-refractivity contribution in [2.75, 3.05) is 0 Å². The highest BCUT2D eigenvalue weighted by atomic mass is 32.2. The molecule has 0 aromatic heterocycles. The SMILES string of the molecule is CCCCc1ccc(-c2ccc(C(=O)Oc3ccc(S(=O)(=O)O)cc3)cc2)cc1. The van der Waals surface area contributed by atoms with Crippen LogP contribution in [-0.2, 0) is 16.5 Å². The Balaban J connectivity index is 1.67. The first kappa shape index (κ1) is 20.8. The van der Waals surface area contributed by atoms with Gasteiger partial charge in [-0.1, -0.05) is 49.7 Å². The number of hydrogen-bond acceptors (Lipinski definition) is 4. The van der Waals surface area contributed by atoms with E-state index in [0.717, 1.165) is 17.5 Å². The Hall–Kier alpha value is -2.96. The number of esters is 1. The molecular weight excluding hydrogens is 388 g/mol. The second kappa shape index (κ2) is 9.03. The summed E-state index contributed by atoms with van der Waals surface area (Å²) in [4.78, 5) is 12.0. The Labute approximate surface area is 170 Å². The number of rotatable bonds is 7. The largest absolute Gasteiger partial charge is 0.423 e. The molecule has 3 aromatic rings. The Morgan fingerprint density at radius 2 is 1.41 bits per heavy atom. The van der Waals surface area contributed by atoms with Crippen LogP contribution in [0.4, 0.5) is 0 Å². The number of unbranched alkanes of at least 4 members (excludes halogenated alkanes) is 1. The van der Waals surface area contributed by atoms with Gasteiger partial charge in [-0.15, -0.1) is 0 Å². The van der Waals surface area contributed by atoms with Crippen LogP contribution in [0.2, 0.25) is 0 Å². The van der Waals surface area contributed by atoms with Crippen LogP contribution in [0.3, 0.4) is 0 Å². The van der Waals surface area contributed by atoms with E-state index < -0.39 is 16.1 Å². The summed E-state index contributed by atoms with van der Waals surface area (Å²) in [6, 6.07) is 20.5. The molecule has 0 heterocycles. The van der Waals surface area contributed by atoms with E-state index in [9.17, 15) is 13.2 Å². The third-order valence-corrected chi connectivity index (χ3v) is 5.43. The minimum Gasteiger partial charge on any atom is -0.423 e. The number of carbonyl (C=O) groups is 1. The van der Waals surface area contributed by atoms with E-state index in [2.05, 4.69) is 31.2 Å². The molecule has 0 atom stereocenters. The van der Waals surface area contributed by atoms with Crippen LogP contribution in [0, 0.1) is 0 Å². The van der Waals surface area contributed by atoms with Gasteiger partial charge in [0.25, 0.3) is 10.1 Å². The van der Waals surface area contributed by atoms with Crippen LogP contribution in [0.15, 0.2) is 77.7 Å². The molecule has 0 fully saturated rings. The Morgan fingerprint density at radius 3 is 1.93 bits per heavy atom. The van der Waals surface area contributed by atoms with Crippen LogP contribution in [0.25, 0.3) is 11.1 Å². The smallest absolute Gasteiger partial charge is 0.343 e. The van der Waals surface area contributed by atoms with Crippen molar-refractivity contribution in [2.24, 2.45) is 0 Å². The summed E-state index contributed by atoms with van der Waals surface area (Å²) in [5.41, 5.74) is 3.77. The molecule has 0 bridgehead atoms. The molecule has 3 rings (SSSR count). The summed E-state index contributed by atoms with van der Waals surface area (Å²) in [7, 11) is -4.28. The van der Waals surface area contributed by atoms with Gasteiger partial charge in [-0.2, -0.15) is 8.42 Å². The van der Waals surface area contributed by atoms with Crippen molar-refractivity contribution in [3.63, 3.8) is 0 Å². The van der Waals surface area contributed by atoms with Gasteiger partial charge in [-0.3, -0.25) is 4.55 Å². The minimum absolute atomic E-state index is 0.189. The molecule has 5 nitrogen and oxygen atoms in total. The van der Waals surface area contributed by atoms with Crippen LogP contribution in [0.5, 0.6) is 5.75 Å². The van der Waals surface area contributed by atoms with E-state index in [1.807, 2.05) is 12.1 Å². The normalized spacial score (nSPS) is 11.2. The Bertz CT molecular complexity index is 1070. The summed E-state index contributed by atoms with van der Waals surface area (Å²) >= 11 is 0. The first-order valence-electron chi connectivity index (χ1n) is 9.36. The Morgan fingerprint density at radius 1 is 0.862 bits per heavy atom. The second-order valence-corrected chi connectivity index (χ2v) is 8.14. The molecule has 1 N–H and O–H groups in total. The average molecular weight is 410 g/mol. The van der Waals surface area contributed by atoms with Crippen molar-refractivity contribution < 1.29 is 22.5 Å². The number of ether oxygens (including phenoxy) is 1. The highest BCUT2D eigenvalue weighted by Gasteiger charge is 2.12.